The first-order chi connectivity index (χ1) is 25.3. The SMILES string of the molecule is c1cc(-c2cccc3ccccc23)cc(-c2c3ccccc3c(-c3ccc4sc5c6ccccc6c6ccccc6c5c4c3)c3ccccc23)c1. The molecular formula is C50H30S. The molecule has 0 N–H and O–H groups in total. The Balaban J connectivity index is 1.19. The van der Waals surface area contributed by atoms with Crippen LogP contribution in [0.1, 0.15) is 0 Å². The van der Waals surface area contributed by atoms with Crippen LogP contribution in [0.5, 0.6) is 0 Å². The number of hydrogen-bond donors (Lipinski definition) is 0. The molecular weight excluding hydrogens is 633 g/mol. The zero-order chi connectivity index (χ0) is 33.5. The van der Waals surface area contributed by atoms with Gasteiger partial charge in [-0.25, -0.2) is 0 Å². The Morgan fingerprint density at radius 3 is 1.47 bits per heavy atom. The van der Waals surface area contributed by atoms with E-state index in [2.05, 4.69) is 182 Å². The van der Waals surface area contributed by atoms with Gasteiger partial charge in [-0.3, -0.25) is 0 Å². The van der Waals surface area contributed by atoms with Crippen molar-refractivity contribution in [3.8, 4) is 33.4 Å². The molecule has 0 aliphatic rings. The third kappa shape index (κ3) is 4.26. The first-order valence-electron chi connectivity index (χ1n) is 17.6. The van der Waals surface area contributed by atoms with Gasteiger partial charge in [-0.1, -0.05) is 164 Å². The number of hydrogen-bond acceptors (Lipinski definition) is 1. The van der Waals surface area contributed by atoms with Crippen LogP contribution in [0.3, 0.4) is 0 Å². The van der Waals surface area contributed by atoms with E-state index in [4.69, 9.17) is 0 Å². The molecule has 0 aliphatic carbocycles. The molecule has 236 valence electrons. The van der Waals surface area contributed by atoms with Crippen LogP contribution in [0.25, 0.3) is 107 Å². The number of rotatable bonds is 3. The van der Waals surface area contributed by atoms with Gasteiger partial charge in [-0.15, -0.1) is 11.3 Å². The summed E-state index contributed by atoms with van der Waals surface area (Å²) in [6, 6.07) is 67.4. The maximum atomic E-state index is 2.46. The maximum Gasteiger partial charge on any atom is 0.0440 e. The zero-order valence-corrected chi connectivity index (χ0v) is 28.5. The lowest BCUT2D eigenvalue weighted by molar-refractivity contribution is 1.63. The molecule has 0 aliphatic heterocycles. The van der Waals surface area contributed by atoms with E-state index in [1.807, 2.05) is 11.3 Å². The normalized spacial score (nSPS) is 11.9. The van der Waals surface area contributed by atoms with Gasteiger partial charge in [-0.2, -0.15) is 0 Å². The molecule has 1 heteroatoms. The summed E-state index contributed by atoms with van der Waals surface area (Å²) in [7, 11) is 0. The van der Waals surface area contributed by atoms with Crippen molar-refractivity contribution >= 4 is 85.4 Å². The van der Waals surface area contributed by atoms with E-state index in [1.54, 1.807) is 0 Å². The van der Waals surface area contributed by atoms with Gasteiger partial charge >= 0.3 is 0 Å². The van der Waals surface area contributed by atoms with E-state index in [1.165, 1.54) is 107 Å². The number of fused-ring (bicyclic) bond motifs is 11. The van der Waals surface area contributed by atoms with Crippen LogP contribution in [0.2, 0.25) is 0 Å². The predicted octanol–water partition coefficient (Wildman–Crippen LogP) is 14.8. The van der Waals surface area contributed by atoms with Crippen molar-refractivity contribution in [2.75, 3.05) is 0 Å². The number of benzene rings is 10. The summed E-state index contributed by atoms with van der Waals surface area (Å²) < 4.78 is 2.69. The summed E-state index contributed by atoms with van der Waals surface area (Å²) in [6.45, 7) is 0. The highest BCUT2D eigenvalue weighted by atomic mass is 32.1. The van der Waals surface area contributed by atoms with Crippen molar-refractivity contribution in [1.29, 1.82) is 0 Å². The fraction of sp³-hybridized carbons (Fsp3) is 0. The smallest absolute Gasteiger partial charge is 0.0440 e. The Bertz CT molecular complexity index is 3130. The van der Waals surface area contributed by atoms with Gasteiger partial charge in [-0.05, 0) is 100 Å². The largest absolute Gasteiger partial charge is 0.135 e. The lowest BCUT2D eigenvalue weighted by Gasteiger charge is -2.18. The molecule has 1 heterocycles. The average Bonchev–Trinajstić information content (AvgIpc) is 3.59. The predicted molar refractivity (Wildman–Crippen MR) is 223 cm³/mol. The average molecular weight is 663 g/mol. The Labute approximate surface area is 299 Å². The second-order valence-electron chi connectivity index (χ2n) is 13.6. The van der Waals surface area contributed by atoms with Crippen LogP contribution in [0, 0.1) is 0 Å². The summed E-state index contributed by atoms with van der Waals surface area (Å²) in [5, 5.41) is 15.6. The van der Waals surface area contributed by atoms with E-state index in [0.717, 1.165) is 0 Å². The summed E-state index contributed by atoms with van der Waals surface area (Å²) in [6.07, 6.45) is 0. The molecule has 0 saturated heterocycles. The fourth-order valence-corrected chi connectivity index (χ4v) is 9.87. The van der Waals surface area contributed by atoms with E-state index in [0.29, 0.717) is 0 Å². The minimum absolute atomic E-state index is 1.23. The Kier molecular flexibility index (Phi) is 6.22. The highest BCUT2D eigenvalue weighted by molar-refractivity contribution is 7.27. The molecule has 0 atom stereocenters. The molecule has 0 fully saturated rings. The summed E-state index contributed by atoms with van der Waals surface area (Å²) in [5.41, 5.74) is 7.56. The zero-order valence-electron chi connectivity index (χ0n) is 27.7. The molecule has 0 nitrogen and oxygen atoms in total. The van der Waals surface area contributed by atoms with Gasteiger partial charge in [0.25, 0.3) is 0 Å². The van der Waals surface area contributed by atoms with E-state index in [-0.39, 0.29) is 0 Å². The van der Waals surface area contributed by atoms with E-state index < -0.39 is 0 Å². The Morgan fingerprint density at radius 1 is 0.294 bits per heavy atom. The third-order valence-corrected chi connectivity index (χ3v) is 12.0. The Hall–Kier alpha value is -6.28. The summed E-state index contributed by atoms with van der Waals surface area (Å²) in [4.78, 5) is 0. The standard InChI is InChI=1S/C50H30S/c1-2-17-35-31(13-1)14-12-26-36(35)32-15-11-16-33(29-32)47-40-21-6-8-23-42(40)48(43-24-9-7-22-41(43)47)34-27-28-46-45(30-34)49-39-20-5-3-18-37(39)38-19-4-10-25-44(38)50(49)51-46/h1-30H. The van der Waals surface area contributed by atoms with Crippen molar-refractivity contribution in [3.05, 3.63) is 182 Å². The molecule has 0 radical (unpaired) electrons. The molecule has 11 aromatic rings. The molecule has 11 rings (SSSR count). The van der Waals surface area contributed by atoms with Gasteiger partial charge in [0.1, 0.15) is 0 Å². The summed E-state index contributed by atoms with van der Waals surface area (Å²) in [5.74, 6) is 0. The second-order valence-corrected chi connectivity index (χ2v) is 14.6. The van der Waals surface area contributed by atoms with E-state index in [9.17, 15) is 0 Å². The van der Waals surface area contributed by atoms with Gasteiger partial charge in [0.15, 0.2) is 0 Å². The third-order valence-electron chi connectivity index (χ3n) is 10.8. The second kappa shape index (κ2) is 11.1. The van der Waals surface area contributed by atoms with Crippen molar-refractivity contribution < 1.29 is 0 Å². The molecule has 0 unspecified atom stereocenters. The van der Waals surface area contributed by atoms with Crippen molar-refractivity contribution in [1.82, 2.24) is 0 Å². The van der Waals surface area contributed by atoms with Crippen LogP contribution < -0.4 is 0 Å². The first kappa shape index (κ1) is 28.5. The van der Waals surface area contributed by atoms with Gasteiger partial charge in [0.2, 0.25) is 0 Å². The molecule has 1 aromatic heterocycles. The minimum Gasteiger partial charge on any atom is -0.135 e. The lowest BCUT2D eigenvalue weighted by atomic mass is 9.85. The van der Waals surface area contributed by atoms with Crippen molar-refractivity contribution in [2.24, 2.45) is 0 Å². The lowest BCUT2D eigenvalue weighted by Crippen LogP contribution is -1.91. The fourth-order valence-electron chi connectivity index (χ4n) is 8.63. The molecule has 0 saturated carbocycles. The topological polar surface area (TPSA) is 0 Å². The maximum absolute atomic E-state index is 2.46. The van der Waals surface area contributed by atoms with Crippen molar-refractivity contribution in [2.45, 2.75) is 0 Å². The summed E-state index contributed by atoms with van der Waals surface area (Å²) >= 11 is 1.92. The number of thiophene rings is 1. The molecule has 0 spiro atoms. The van der Waals surface area contributed by atoms with Gasteiger partial charge < -0.3 is 0 Å². The van der Waals surface area contributed by atoms with Crippen LogP contribution >= 0.6 is 11.3 Å². The molecule has 10 aromatic carbocycles. The quantitative estimate of drug-likeness (QED) is 0.130. The highest BCUT2D eigenvalue weighted by Gasteiger charge is 2.19. The molecule has 0 amide bonds. The van der Waals surface area contributed by atoms with Crippen LogP contribution in [0.15, 0.2) is 182 Å². The Morgan fingerprint density at radius 2 is 0.784 bits per heavy atom. The highest BCUT2D eigenvalue weighted by Crippen LogP contribution is 2.48. The van der Waals surface area contributed by atoms with Gasteiger partial charge in [0, 0.05) is 25.6 Å². The van der Waals surface area contributed by atoms with E-state index >= 15 is 0 Å². The minimum atomic E-state index is 1.23. The van der Waals surface area contributed by atoms with Crippen molar-refractivity contribution in [3.63, 3.8) is 0 Å². The van der Waals surface area contributed by atoms with Crippen LogP contribution in [-0.4, -0.2) is 0 Å². The van der Waals surface area contributed by atoms with Crippen LogP contribution in [-0.2, 0) is 0 Å². The molecule has 51 heavy (non-hydrogen) atoms. The van der Waals surface area contributed by atoms with Crippen LogP contribution in [0.4, 0.5) is 0 Å². The monoisotopic (exact) mass is 662 g/mol. The first-order valence-corrected chi connectivity index (χ1v) is 18.4. The van der Waals surface area contributed by atoms with Gasteiger partial charge in [0.05, 0.1) is 0 Å². The molecule has 0 bridgehead atoms.